The van der Waals surface area contributed by atoms with Gasteiger partial charge < -0.3 is 10.1 Å². The van der Waals surface area contributed by atoms with Gasteiger partial charge in [-0.05, 0) is 31.8 Å². The van der Waals surface area contributed by atoms with Crippen LogP contribution < -0.4 is 5.32 Å². The predicted molar refractivity (Wildman–Crippen MR) is 65.4 cm³/mol. The second-order valence-corrected chi connectivity index (χ2v) is 4.57. The van der Waals surface area contributed by atoms with Gasteiger partial charge in [-0.1, -0.05) is 6.07 Å². The first-order valence-corrected chi connectivity index (χ1v) is 6.05. The summed E-state index contributed by atoms with van der Waals surface area (Å²) in [5.41, 5.74) is 0.747. The lowest BCUT2D eigenvalue weighted by Crippen LogP contribution is -2.47. The fraction of sp³-hybridized carbons (Fsp3) is 0.538. The maximum Gasteiger partial charge on any atom is 0.159 e. The molecule has 1 aliphatic rings. The summed E-state index contributed by atoms with van der Waals surface area (Å²) in [6.45, 7) is 2.11. The number of rotatable bonds is 3. The van der Waals surface area contributed by atoms with E-state index in [0.29, 0.717) is 13.2 Å². The average Bonchev–Trinajstić information content (AvgIpc) is 2.34. The van der Waals surface area contributed by atoms with Crippen LogP contribution in [0.1, 0.15) is 11.6 Å². The van der Waals surface area contributed by atoms with Gasteiger partial charge in [-0.2, -0.15) is 0 Å². The highest BCUT2D eigenvalue weighted by molar-refractivity contribution is 5.23. The Morgan fingerprint density at radius 3 is 2.83 bits per heavy atom. The molecule has 1 saturated heterocycles. The summed E-state index contributed by atoms with van der Waals surface area (Å²) in [7, 11) is 3.82. The third kappa shape index (κ3) is 2.68. The Morgan fingerprint density at radius 2 is 2.17 bits per heavy atom. The Labute approximate surface area is 106 Å². The number of hydrogen-bond acceptors (Lipinski definition) is 3. The highest BCUT2D eigenvalue weighted by Gasteiger charge is 2.31. The number of halogens is 2. The molecule has 0 aliphatic carbocycles. The molecule has 1 N–H and O–H groups in total. The fourth-order valence-electron chi connectivity index (χ4n) is 2.40. The van der Waals surface area contributed by atoms with Gasteiger partial charge in [0.05, 0.1) is 18.8 Å². The molecule has 1 aliphatic heterocycles. The van der Waals surface area contributed by atoms with Gasteiger partial charge in [0.1, 0.15) is 0 Å². The molecule has 2 atom stereocenters. The van der Waals surface area contributed by atoms with Gasteiger partial charge in [0.15, 0.2) is 11.6 Å². The highest BCUT2D eigenvalue weighted by atomic mass is 19.2. The molecule has 0 aromatic heterocycles. The molecule has 2 unspecified atom stereocenters. The Bertz CT molecular complexity index is 412. The number of nitrogens with zero attached hydrogens (tertiary/aromatic N) is 1. The van der Waals surface area contributed by atoms with Crippen LogP contribution in [0, 0.1) is 11.6 Å². The van der Waals surface area contributed by atoms with E-state index in [0.717, 1.165) is 12.1 Å². The molecule has 5 heteroatoms. The van der Waals surface area contributed by atoms with E-state index in [-0.39, 0.29) is 12.1 Å². The van der Waals surface area contributed by atoms with Crippen LogP contribution in [-0.4, -0.2) is 44.8 Å². The van der Waals surface area contributed by atoms with Crippen molar-refractivity contribution in [3.63, 3.8) is 0 Å². The van der Waals surface area contributed by atoms with Gasteiger partial charge in [0.2, 0.25) is 0 Å². The van der Waals surface area contributed by atoms with Gasteiger partial charge in [-0.15, -0.1) is 0 Å². The second-order valence-electron chi connectivity index (χ2n) is 4.57. The molecule has 2 rings (SSSR count). The lowest BCUT2D eigenvalue weighted by Gasteiger charge is -2.39. The van der Waals surface area contributed by atoms with E-state index < -0.39 is 11.6 Å². The standard InChI is InChI=1S/C13H18F2N2O/c1-16-8-12-13(17(2)5-6-18-12)9-3-4-10(14)11(15)7-9/h3-4,7,12-13,16H,5-6,8H2,1-2H3. The summed E-state index contributed by atoms with van der Waals surface area (Å²) in [6.07, 6.45) is -0.0568. The predicted octanol–water partition coefficient (Wildman–Crippen LogP) is 1.56. The Balaban J connectivity index is 2.28. The molecule has 18 heavy (non-hydrogen) atoms. The molecule has 0 bridgehead atoms. The first-order valence-electron chi connectivity index (χ1n) is 6.05. The van der Waals surface area contributed by atoms with Crippen molar-refractivity contribution in [1.82, 2.24) is 10.2 Å². The molecule has 0 radical (unpaired) electrons. The van der Waals surface area contributed by atoms with Crippen LogP contribution in [0.5, 0.6) is 0 Å². The first kappa shape index (κ1) is 13.4. The third-order valence-electron chi connectivity index (χ3n) is 3.29. The second kappa shape index (κ2) is 5.73. The molecule has 1 aromatic carbocycles. The Hall–Kier alpha value is -1.04. The molecule has 100 valence electrons. The topological polar surface area (TPSA) is 24.5 Å². The van der Waals surface area contributed by atoms with E-state index in [1.165, 1.54) is 12.1 Å². The molecule has 3 nitrogen and oxygen atoms in total. The van der Waals surface area contributed by atoms with Crippen LogP contribution in [0.4, 0.5) is 8.78 Å². The lowest BCUT2D eigenvalue weighted by molar-refractivity contribution is -0.0607. The number of likely N-dealkylation sites (N-methyl/N-ethyl adjacent to an activating group) is 2. The SMILES string of the molecule is CNCC1OCCN(C)C1c1ccc(F)c(F)c1. The van der Waals surface area contributed by atoms with Crippen molar-refractivity contribution in [2.45, 2.75) is 12.1 Å². The zero-order valence-electron chi connectivity index (χ0n) is 10.6. The van der Waals surface area contributed by atoms with Gasteiger partial charge in [0, 0.05) is 13.1 Å². The third-order valence-corrected chi connectivity index (χ3v) is 3.29. The number of ether oxygens (including phenoxy) is 1. The smallest absolute Gasteiger partial charge is 0.159 e. The summed E-state index contributed by atoms with van der Waals surface area (Å²) < 4.78 is 32.0. The van der Waals surface area contributed by atoms with Gasteiger partial charge in [-0.25, -0.2) is 8.78 Å². The van der Waals surface area contributed by atoms with E-state index in [2.05, 4.69) is 10.2 Å². The van der Waals surface area contributed by atoms with Crippen LogP contribution in [0.25, 0.3) is 0 Å². The van der Waals surface area contributed by atoms with E-state index >= 15 is 0 Å². The van der Waals surface area contributed by atoms with E-state index in [1.807, 2.05) is 14.1 Å². The van der Waals surface area contributed by atoms with Gasteiger partial charge in [-0.3, -0.25) is 4.90 Å². The summed E-state index contributed by atoms with van der Waals surface area (Å²) in [6, 6.07) is 4.00. The van der Waals surface area contributed by atoms with Crippen LogP contribution in [0.15, 0.2) is 18.2 Å². The van der Waals surface area contributed by atoms with Crippen LogP contribution in [-0.2, 0) is 4.74 Å². The van der Waals surface area contributed by atoms with Crippen LogP contribution >= 0.6 is 0 Å². The zero-order valence-corrected chi connectivity index (χ0v) is 10.6. The minimum absolute atomic E-state index is 0.0544. The van der Waals surface area contributed by atoms with E-state index in [9.17, 15) is 8.78 Å². The van der Waals surface area contributed by atoms with E-state index in [1.54, 1.807) is 6.07 Å². The maximum absolute atomic E-state index is 13.3. The summed E-state index contributed by atoms with van der Waals surface area (Å²) in [5, 5.41) is 3.06. The Kier molecular flexibility index (Phi) is 4.27. The number of benzene rings is 1. The number of hydrogen-bond donors (Lipinski definition) is 1. The average molecular weight is 256 g/mol. The van der Waals surface area contributed by atoms with Crippen molar-refractivity contribution in [2.75, 3.05) is 33.8 Å². The van der Waals surface area contributed by atoms with Crippen molar-refractivity contribution in [3.8, 4) is 0 Å². The van der Waals surface area contributed by atoms with Gasteiger partial charge >= 0.3 is 0 Å². The van der Waals surface area contributed by atoms with Crippen LogP contribution in [0.3, 0.4) is 0 Å². The monoisotopic (exact) mass is 256 g/mol. The van der Waals surface area contributed by atoms with Crippen molar-refractivity contribution in [3.05, 3.63) is 35.4 Å². The fourth-order valence-corrected chi connectivity index (χ4v) is 2.40. The van der Waals surface area contributed by atoms with Crippen molar-refractivity contribution < 1.29 is 13.5 Å². The Morgan fingerprint density at radius 1 is 1.39 bits per heavy atom. The molecule has 1 aromatic rings. The molecule has 0 spiro atoms. The molecule has 1 fully saturated rings. The molecular formula is C13H18F2N2O. The van der Waals surface area contributed by atoms with Crippen molar-refractivity contribution >= 4 is 0 Å². The molecule has 0 amide bonds. The van der Waals surface area contributed by atoms with E-state index in [4.69, 9.17) is 4.74 Å². The number of morpholine rings is 1. The largest absolute Gasteiger partial charge is 0.374 e. The first-order chi connectivity index (χ1) is 8.63. The minimum atomic E-state index is -0.816. The quantitative estimate of drug-likeness (QED) is 0.888. The van der Waals surface area contributed by atoms with Crippen molar-refractivity contribution in [1.29, 1.82) is 0 Å². The molecule has 1 heterocycles. The maximum atomic E-state index is 13.3. The summed E-state index contributed by atoms with van der Waals surface area (Å²) in [5.74, 6) is -1.63. The van der Waals surface area contributed by atoms with Crippen molar-refractivity contribution in [2.24, 2.45) is 0 Å². The van der Waals surface area contributed by atoms with Crippen LogP contribution in [0.2, 0.25) is 0 Å². The normalized spacial score (nSPS) is 25.3. The lowest BCUT2D eigenvalue weighted by atomic mass is 9.98. The molecule has 0 saturated carbocycles. The minimum Gasteiger partial charge on any atom is -0.374 e. The zero-order chi connectivity index (χ0) is 13.1. The summed E-state index contributed by atoms with van der Waals surface area (Å²) >= 11 is 0. The summed E-state index contributed by atoms with van der Waals surface area (Å²) in [4.78, 5) is 2.11. The molecular weight excluding hydrogens is 238 g/mol. The van der Waals surface area contributed by atoms with Gasteiger partial charge in [0.25, 0.3) is 0 Å². The highest BCUT2D eigenvalue weighted by Crippen LogP contribution is 2.28. The number of nitrogens with one attached hydrogen (secondary N) is 1.